The van der Waals surface area contributed by atoms with E-state index in [4.69, 9.17) is 5.11 Å². The van der Waals surface area contributed by atoms with Crippen molar-refractivity contribution in [3.63, 3.8) is 0 Å². The van der Waals surface area contributed by atoms with Crippen molar-refractivity contribution in [3.05, 3.63) is 0 Å². The molecule has 2 rings (SSSR count). The van der Waals surface area contributed by atoms with Crippen molar-refractivity contribution in [1.29, 1.82) is 0 Å². The Bertz CT molecular complexity index is 324. The second-order valence-corrected chi connectivity index (χ2v) is 5.94. The van der Waals surface area contributed by atoms with Gasteiger partial charge in [0.25, 0.3) is 0 Å². The molecule has 2 heterocycles. The first-order chi connectivity index (χ1) is 8.09. The lowest BCUT2D eigenvalue weighted by molar-refractivity contribution is -0.137. The number of likely N-dealkylation sites (N-methyl/N-ethyl adjacent to an activating group) is 1. The fraction of sp³-hybridized carbons (Fsp3) is 0.818. The van der Waals surface area contributed by atoms with Gasteiger partial charge in [-0.2, -0.15) is 11.8 Å². The molecule has 0 unspecified atom stereocenters. The Hall–Kier alpha value is -0.910. The molecule has 17 heavy (non-hydrogen) atoms. The lowest BCUT2D eigenvalue weighted by atomic mass is 10.0. The molecule has 3 atom stereocenters. The van der Waals surface area contributed by atoms with E-state index in [1.165, 1.54) is 0 Å². The lowest BCUT2D eigenvalue weighted by Crippen LogP contribution is -2.37. The number of hydrogen-bond acceptors (Lipinski definition) is 3. The Kier molecular flexibility index (Phi) is 3.81. The average molecular weight is 258 g/mol. The monoisotopic (exact) mass is 258 g/mol. The van der Waals surface area contributed by atoms with Crippen molar-refractivity contribution in [2.24, 2.45) is 0 Å². The van der Waals surface area contributed by atoms with E-state index in [1.807, 2.05) is 18.8 Å². The number of aliphatic carboxylic acids is 1. The van der Waals surface area contributed by atoms with Gasteiger partial charge in [0.05, 0.1) is 12.1 Å². The molecule has 2 amide bonds. The summed E-state index contributed by atoms with van der Waals surface area (Å²) in [5, 5.41) is 12.0. The van der Waals surface area contributed by atoms with E-state index in [0.29, 0.717) is 11.3 Å². The number of hydrogen-bond donors (Lipinski definition) is 2. The molecule has 5 nitrogen and oxygen atoms in total. The molecule has 0 aliphatic carbocycles. The minimum Gasteiger partial charge on any atom is -0.481 e. The zero-order valence-corrected chi connectivity index (χ0v) is 10.7. The number of nitrogens with one attached hydrogen (secondary N) is 1. The van der Waals surface area contributed by atoms with Crippen LogP contribution >= 0.6 is 11.8 Å². The molecular weight excluding hydrogens is 240 g/mol. The van der Waals surface area contributed by atoms with Gasteiger partial charge in [0.1, 0.15) is 0 Å². The maximum Gasteiger partial charge on any atom is 0.317 e. The quantitative estimate of drug-likeness (QED) is 0.573. The zero-order valence-electron chi connectivity index (χ0n) is 9.89. The summed E-state index contributed by atoms with van der Waals surface area (Å²) in [4.78, 5) is 23.7. The van der Waals surface area contributed by atoms with Gasteiger partial charge in [-0.05, 0) is 12.8 Å². The third-order valence-corrected chi connectivity index (χ3v) is 5.02. The highest BCUT2D eigenvalue weighted by Crippen LogP contribution is 2.36. The Morgan fingerprint density at radius 3 is 3.06 bits per heavy atom. The number of carboxylic acids is 1. The Morgan fingerprint density at radius 2 is 2.35 bits per heavy atom. The van der Waals surface area contributed by atoms with Crippen LogP contribution in [0.2, 0.25) is 0 Å². The zero-order chi connectivity index (χ0) is 12.4. The van der Waals surface area contributed by atoms with Gasteiger partial charge in [0.15, 0.2) is 0 Å². The van der Waals surface area contributed by atoms with Crippen molar-refractivity contribution < 1.29 is 14.7 Å². The highest BCUT2D eigenvalue weighted by molar-refractivity contribution is 8.00. The standard InChI is InChI=1S/C11H18N2O3S/c1-13-7-6-17-8(10(7)12-11(13)16)4-2-3-5-9(14)15/h7-8,10H,2-6H2,1H3,(H,12,16)(H,14,15)/t7-,8-,10-/m0/s1. The first-order valence-electron chi connectivity index (χ1n) is 5.96. The summed E-state index contributed by atoms with van der Waals surface area (Å²) in [6.45, 7) is 0. The smallest absolute Gasteiger partial charge is 0.317 e. The Morgan fingerprint density at radius 1 is 1.59 bits per heavy atom. The third kappa shape index (κ3) is 2.68. The number of amides is 2. The van der Waals surface area contributed by atoms with Gasteiger partial charge in [-0.15, -0.1) is 0 Å². The molecule has 0 spiro atoms. The van der Waals surface area contributed by atoms with Crippen LogP contribution in [0.1, 0.15) is 25.7 Å². The molecule has 0 aromatic rings. The summed E-state index contributed by atoms with van der Waals surface area (Å²) in [6, 6.07) is 0.593. The van der Waals surface area contributed by atoms with Crippen LogP contribution in [0.4, 0.5) is 4.79 Å². The number of fused-ring (bicyclic) bond motifs is 1. The lowest BCUT2D eigenvalue weighted by Gasteiger charge is -2.17. The van der Waals surface area contributed by atoms with E-state index in [0.717, 1.165) is 25.0 Å². The van der Waals surface area contributed by atoms with Crippen molar-refractivity contribution >= 4 is 23.8 Å². The highest BCUT2D eigenvalue weighted by Gasteiger charge is 2.45. The summed E-state index contributed by atoms with van der Waals surface area (Å²) in [5.74, 6) is 0.264. The molecule has 6 heteroatoms. The van der Waals surface area contributed by atoms with Crippen LogP contribution < -0.4 is 5.32 Å². The number of carboxylic acid groups (broad SMARTS) is 1. The maximum atomic E-state index is 11.5. The number of thioether (sulfide) groups is 1. The van der Waals surface area contributed by atoms with Gasteiger partial charge in [-0.3, -0.25) is 4.79 Å². The number of unbranched alkanes of at least 4 members (excludes halogenated alkanes) is 1. The average Bonchev–Trinajstić information content (AvgIpc) is 2.77. The van der Waals surface area contributed by atoms with E-state index >= 15 is 0 Å². The van der Waals surface area contributed by atoms with Gasteiger partial charge >= 0.3 is 12.0 Å². The van der Waals surface area contributed by atoms with Crippen LogP contribution in [0, 0.1) is 0 Å². The van der Waals surface area contributed by atoms with Gasteiger partial charge in [0.2, 0.25) is 0 Å². The van der Waals surface area contributed by atoms with Gasteiger partial charge in [-0.1, -0.05) is 6.42 Å². The molecule has 2 aliphatic heterocycles. The largest absolute Gasteiger partial charge is 0.481 e. The molecule has 96 valence electrons. The van der Waals surface area contributed by atoms with Gasteiger partial charge < -0.3 is 15.3 Å². The minimum atomic E-state index is -0.726. The van der Waals surface area contributed by atoms with Crippen molar-refractivity contribution in [3.8, 4) is 0 Å². The fourth-order valence-corrected chi connectivity index (χ4v) is 4.16. The third-order valence-electron chi connectivity index (χ3n) is 3.53. The van der Waals surface area contributed by atoms with Crippen LogP contribution in [0.3, 0.4) is 0 Å². The summed E-state index contributed by atoms with van der Waals surface area (Å²) < 4.78 is 0. The number of carbonyl (C=O) groups excluding carboxylic acids is 1. The maximum absolute atomic E-state index is 11.5. The molecule has 2 aliphatic rings. The SMILES string of the molecule is CN1C(=O)N[C@@H]2[C@H](CCCCC(=O)O)SC[C@@H]21. The van der Waals surface area contributed by atoms with E-state index < -0.39 is 5.97 Å². The number of rotatable bonds is 5. The van der Waals surface area contributed by atoms with Gasteiger partial charge in [0, 0.05) is 24.5 Å². The molecule has 0 bridgehead atoms. The summed E-state index contributed by atoms with van der Waals surface area (Å²) in [5.41, 5.74) is 0. The van der Waals surface area contributed by atoms with E-state index in [2.05, 4.69) is 5.32 Å². The molecule has 0 radical (unpaired) electrons. The highest BCUT2D eigenvalue weighted by atomic mass is 32.2. The van der Waals surface area contributed by atoms with E-state index in [-0.39, 0.29) is 18.5 Å². The van der Waals surface area contributed by atoms with Crippen LogP contribution in [0.25, 0.3) is 0 Å². The fourth-order valence-electron chi connectivity index (χ4n) is 2.50. The van der Waals surface area contributed by atoms with E-state index in [1.54, 1.807) is 4.90 Å². The normalized spacial score (nSPS) is 31.5. The van der Waals surface area contributed by atoms with Crippen molar-refractivity contribution in [1.82, 2.24) is 10.2 Å². The molecular formula is C11H18N2O3S. The number of carbonyl (C=O) groups is 2. The van der Waals surface area contributed by atoms with E-state index in [9.17, 15) is 9.59 Å². The second kappa shape index (κ2) is 5.16. The number of urea groups is 1. The van der Waals surface area contributed by atoms with Crippen molar-refractivity contribution in [2.45, 2.75) is 43.0 Å². The predicted octanol–water partition coefficient (Wildman–Crippen LogP) is 1.14. The van der Waals surface area contributed by atoms with Crippen LogP contribution in [0.15, 0.2) is 0 Å². The Labute approximate surface area is 105 Å². The molecule has 0 saturated carbocycles. The van der Waals surface area contributed by atoms with Crippen molar-refractivity contribution in [2.75, 3.05) is 12.8 Å². The second-order valence-electron chi connectivity index (χ2n) is 4.66. The molecule has 0 aromatic heterocycles. The molecule has 0 aromatic carbocycles. The van der Waals surface area contributed by atoms with Crippen LogP contribution in [-0.2, 0) is 4.79 Å². The predicted molar refractivity (Wildman–Crippen MR) is 66.2 cm³/mol. The molecule has 2 saturated heterocycles. The first kappa shape index (κ1) is 12.5. The summed E-state index contributed by atoms with van der Waals surface area (Å²) in [6.07, 6.45) is 2.89. The summed E-state index contributed by atoms with van der Waals surface area (Å²) in [7, 11) is 1.84. The minimum absolute atomic E-state index is 0.0239. The summed E-state index contributed by atoms with van der Waals surface area (Å²) >= 11 is 1.90. The topological polar surface area (TPSA) is 69.6 Å². The molecule has 2 N–H and O–H groups in total. The van der Waals surface area contributed by atoms with Crippen LogP contribution in [0.5, 0.6) is 0 Å². The van der Waals surface area contributed by atoms with Gasteiger partial charge in [-0.25, -0.2) is 4.79 Å². The Balaban J connectivity index is 1.76. The molecule has 2 fully saturated rings. The number of nitrogens with zero attached hydrogens (tertiary/aromatic N) is 1. The van der Waals surface area contributed by atoms with Crippen LogP contribution in [-0.4, -0.2) is 52.1 Å². The first-order valence-corrected chi connectivity index (χ1v) is 7.01.